The van der Waals surface area contributed by atoms with E-state index in [0.717, 1.165) is 18.2 Å². The van der Waals surface area contributed by atoms with E-state index in [4.69, 9.17) is 10.5 Å². The molecule has 142 valence electrons. The summed E-state index contributed by atoms with van der Waals surface area (Å²) in [4.78, 5) is 21.8. The number of halogens is 3. The van der Waals surface area contributed by atoms with E-state index >= 15 is 0 Å². The van der Waals surface area contributed by atoms with Gasteiger partial charge in [0.1, 0.15) is 41.8 Å². The van der Waals surface area contributed by atoms with E-state index in [1.54, 1.807) is 0 Å². The van der Waals surface area contributed by atoms with Gasteiger partial charge in [0.25, 0.3) is 5.91 Å². The van der Waals surface area contributed by atoms with Gasteiger partial charge in [-0.05, 0) is 30.3 Å². The zero-order valence-corrected chi connectivity index (χ0v) is 14.3. The molecule has 0 bridgehead atoms. The smallest absolute Gasteiger partial charge is 0.267 e. The Morgan fingerprint density at radius 1 is 1.00 bits per heavy atom. The van der Waals surface area contributed by atoms with Crippen molar-refractivity contribution in [1.82, 2.24) is 9.97 Å². The molecule has 28 heavy (non-hydrogen) atoms. The number of nitrogens with zero attached hydrogens (tertiary/aromatic N) is 3. The lowest BCUT2D eigenvalue weighted by Gasteiger charge is -2.21. The number of carbonyl (C=O) groups is 1. The second kappa shape index (κ2) is 6.84. The largest absolute Gasteiger partial charge is 0.475 e. The Balaban J connectivity index is 1.76. The fourth-order valence-electron chi connectivity index (χ4n) is 3.04. The van der Waals surface area contributed by atoms with E-state index in [1.807, 2.05) is 0 Å². The number of amides is 1. The molecule has 1 aliphatic heterocycles. The Kier molecular flexibility index (Phi) is 4.34. The maximum atomic E-state index is 14.7. The van der Waals surface area contributed by atoms with Gasteiger partial charge in [0.05, 0.1) is 12.1 Å². The number of carbonyl (C=O) groups excluding carboxylic acids is 1. The first-order chi connectivity index (χ1) is 13.5. The highest BCUT2D eigenvalue weighted by Gasteiger charge is 2.29. The van der Waals surface area contributed by atoms with E-state index < -0.39 is 28.9 Å². The summed E-state index contributed by atoms with van der Waals surface area (Å²) < 4.78 is 48.1. The van der Waals surface area contributed by atoms with Crippen LogP contribution < -0.4 is 15.4 Å². The van der Waals surface area contributed by atoms with Crippen molar-refractivity contribution in [3.8, 4) is 17.0 Å². The van der Waals surface area contributed by atoms with E-state index in [1.165, 1.54) is 29.4 Å². The van der Waals surface area contributed by atoms with E-state index in [-0.39, 0.29) is 41.7 Å². The highest BCUT2D eigenvalue weighted by molar-refractivity contribution is 6.10. The van der Waals surface area contributed by atoms with Crippen molar-refractivity contribution < 1.29 is 22.7 Å². The predicted octanol–water partition coefficient (Wildman–Crippen LogP) is 3.18. The standard InChI is InChI=1S/C19H13F3N4O2/c20-12-2-1-3-13(21)15(12)11-5-4-10(8-14(11)22)26-6-7-28-18-16(19(26)27)17(23)24-9-25-18/h1-5,8-9H,6-7H2,(H2,23,24,25). The number of nitrogen functional groups attached to an aromatic ring is 1. The second-order valence-electron chi connectivity index (χ2n) is 6.01. The first-order valence-electron chi connectivity index (χ1n) is 8.26. The summed E-state index contributed by atoms with van der Waals surface area (Å²) in [5.74, 6) is -3.22. The van der Waals surface area contributed by atoms with Gasteiger partial charge in [0, 0.05) is 11.3 Å². The monoisotopic (exact) mass is 386 g/mol. The van der Waals surface area contributed by atoms with Crippen molar-refractivity contribution in [3.05, 3.63) is 65.7 Å². The molecule has 2 N–H and O–H groups in total. The number of rotatable bonds is 2. The van der Waals surface area contributed by atoms with Crippen LogP contribution in [-0.4, -0.2) is 29.0 Å². The lowest BCUT2D eigenvalue weighted by atomic mass is 10.0. The Bertz CT molecular complexity index is 1070. The summed E-state index contributed by atoms with van der Waals surface area (Å²) in [5.41, 5.74) is 5.21. The van der Waals surface area contributed by atoms with Crippen LogP contribution in [0.5, 0.6) is 5.88 Å². The molecule has 0 radical (unpaired) electrons. The molecule has 1 aromatic heterocycles. The first-order valence-corrected chi connectivity index (χ1v) is 8.26. The zero-order valence-electron chi connectivity index (χ0n) is 14.3. The summed E-state index contributed by atoms with van der Waals surface area (Å²) >= 11 is 0. The van der Waals surface area contributed by atoms with Crippen LogP contribution in [0.3, 0.4) is 0 Å². The number of fused-ring (bicyclic) bond motifs is 1. The molecule has 0 atom stereocenters. The molecule has 9 heteroatoms. The number of ether oxygens (including phenoxy) is 1. The third-order valence-corrected chi connectivity index (χ3v) is 4.35. The Hall–Kier alpha value is -3.62. The Morgan fingerprint density at radius 3 is 2.46 bits per heavy atom. The molecule has 1 aliphatic rings. The van der Waals surface area contributed by atoms with Crippen LogP contribution in [0.25, 0.3) is 11.1 Å². The van der Waals surface area contributed by atoms with Crippen LogP contribution in [0.1, 0.15) is 10.4 Å². The van der Waals surface area contributed by atoms with Crippen LogP contribution >= 0.6 is 0 Å². The highest BCUT2D eigenvalue weighted by Crippen LogP contribution is 2.33. The molecule has 2 aromatic carbocycles. The molecule has 4 rings (SSSR count). The van der Waals surface area contributed by atoms with Gasteiger partial charge in [-0.15, -0.1) is 0 Å². The van der Waals surface area contributed by atoms with Crippen molar-refractivity contribution in [2.45, 2.75) is 0 Å². The van der Waals surface area contributed by atoms with Crippen molar-refractivity contribution in [3.63, 3.8) is 0 Å². The fourth-order valence-corrected chi connectivity index (χ4v) is 3.04. The molecule has 3 aromatic rings. The maximum absolute atomic E-state index is 14.7. The number of aromatic nitrogens is 2. The molecular formula is C19H13F3N4O2. The quantitative estimate of drug-likeness (QED) is 0.732. The lowest BCUT2D eigenvalue weighted by molar-refractivity contribution is 0.0990. The van der Waals surface area contributed by atoms with Gasteiger partial charge in [0.2, 0.25) is 5.88 Å². The van der Waals surface area contributed by atoms with E-state index in [9.17, 15) is 18.0 Å². The van der Waals surface area contributed by atoms with Gasteiger partial charge in [0.15, 0.2) is 0 Å². The molecule has 0 saturated carbocycles. The van der Waals surface area contributed by atoms with E-state index in [0.29, 0.717) is 0 Å². The minimum Gasteiger partial charge on any atom is -0.475 e. The van der Waals surface area contributed by atoms with Crippen LogP contribution in [0.2, 0.25) is 0 Å². The van der Waals surface area contributed by atoms with Gasteiger partial charge >= 0.3 is 0 Å². The topological polar surface area (TPSA) is 81.3 Å². The normalized spacial score (nSPS) is 13.7. The molecule has 0 fully saturated rings. The van der Waals surface area contributed by atoms with Crippen LogP contribution in [0.15, 0.2) is 42.7 Å². The molecule has 0 spiro atoms. The summed E-state index contributed by atoms with van der Waals surface area (Å²) in [6.45, 7) is 0.196. The maximum Gasteiger partial charge on any atom is 0.267 e. The number of hydrogen-bond acceptors (Lipinski definition) is 5. The molecule has 6 nitrogen and oxygen atoms in total. The lowest BCUT2D eigenvalue weighted by Crippen LogP contribution is -2.32. The highest BCUT2D eigenvalue weighted by atomic mass is 19.1. The SMILES string of the molecule is Nc1ncnc2c1C(=O)N(c1ccc(-c3c(F)cccc3F)c(F)c1)CCO2. The summed E-state index contributed by atoms with van der Waals surface area (Å²) in [7, 11) is 0. The van der Waals surface area contributed by atoms with Crippen molar-refractivity contribution >= 4 is 17.4 Å². The predicted molar refractivity (Wildman–Crippen MR) is 95.4 cm³/mol. The molecule has 1 amide bonds. The average molecular weight is 386 g/mol. The minimum absolute atomic E-state index is 0.0235. The van der Waals surface area contributed by atoms with Crippen LogP contribution in [0.4, 0.5) is 24.7 Å². The van der Waals surface area contributed by atoms with Crippen molar-refractivity contribution in [1.29, 1.82) is 0 Å². The fraction of sp³-hybridized carbons (Fsp3) is 0.105. The first kappa shape index (κ1) is 17.8. The minimum atomic E-state index is -0.884. The summed E-state index contributed by atoms with van der Waals surface area (Å²) in [5, 5.41) is 0. The Morgan fingerprint density at radius 2 is 1.75 bits per heavy atom. The third kappa shape index (κ3) is 2.90. The summed E-state index contributed by atoms with van der Waals surface area (Å²) in [6, 6.07) is 6.93. The number of nitrogens with two attached hydrogens (primary N) is 1. The number of hydrogen-bond donors (Lipinski definition) is 1. The van der Waals surface area contributed by atoms with Crippen molar-refractivity contribution in [2.24, 2.45) is 0 Å². The van der Waals surface area contributed by atoms with Crippen LogP contribution in [-0.2, 0) is 0 Å². The number of anilines is 2. The third-order valence-electron chi connectivity index (χ3n) is 4.35. The van der Waals surface area contributed by atoms with Gasteiger partial charge in [-0.2, -0.15) is 0 Å². The van der Waals surface area contributed by atoms with Crippen LogP contribution in [0, 0.1) is 17.5 Å². The second-order valence-corrected chi connectivity index (χ2v) is 6.01. The average Bonchev–Trinajstić information content (AvgIpc) is 2.82. The molecule has 0 unspecified atom stereocenters. The molecule has 0 aliphatic carbocycles. The molecular weight excluding hydrogens is 373 g/mol. The van der Waals surface area contributed by atoms with Gasteiger partial charge < -0.3 is 15.4 Å². The van der Waals surface area contributed by atoms with E-state index in [2.05, 4.69) is 9.97 Å². The zero-order chi connectivity index (χ0) is 19.8. The van der Waals surface area contributed by atoms with Gasteiger partial charge in [-0.25, -0.2) is 23.1 Å². The van der Waals surface area contributed by atoms with Gasteiger partial charge in [-0.1, -0.05) is 6.07 Å². The number of benzene rings is 2. The molecule has 2 heterocycles. The Labute approximate surface area is 157 Å². The molecule has 0 saturated heterocycles. The van der Waals surface area contributed by atoms with Crippen molar-refractivity contribution in [2.75, 3.05) is 23.8 Å². The van der Waals surface area contributed by atoms with Gasteiger partial charge in [-0.3, -0.25) is 4.79 Å². The summed E-state index contributed by atoms with van der Waals surface area (Å²) in [6.07, 6.45) is 1.18.